The summed E-state index contributed by atoms with van der Waals surface area (Å²) in [5, 5.41) is 0. The average molecular weight is 141 g/mol. The molecule has 0 spiro atoms. The molecule has 0 bridgehead atoms. The summed E-state index contributed by atoms with van der Waals surface area (Å²) >= 11 is 0. The molecule has 0 heterocycles. The van der Waals surface area contributed by atoms with Gasteiger partial charge < -0.3 is 5.73 Å². The third kappa shape index (κ3) is 1.54. The van der Waals surface area contributed by atoms with Crippen LogP contribution in [0.1, 0.15) is 21.3 Å². The van der Waals surface area contributed by atoms with Crippen LogP contribution in [0.2, 0.25) is 0 Å². The highest BCUT2D eigenvalue weighted by atomic mass is 19.1. The van der Waals surface area contributed by atoms with Crippen molar-refractivity contribution in [2.75, 3.05) is 0 Å². The summed E-state index contributed by atoms with van der Waals surface area (Å²) in [5.74, 6) is -0.561. The average Bonchev–Trinajstić information content (AvgIpc) is 1.82. The summed E-state index contributed by atoms with van der Waals surface area (Å²) in [4.78, 5) is 0. The fourth-order valence-electron chi connectivity index (χ4n) is 0.640. The van der Waals surface area contributed by atoms with Crippen molar-refractivity contribution in [1.82, 2.24) is 0 Å². The fraction of sp³-hybridized carbons (Fsp3) is 0.250. The van der Waals surface area contributed by atoms with E-state index in [0.29, 0.717) is 5.56 Å². The molecule has 1 atom stereocenters. The van der Waals surface area contributed by atoms with Crippen molar-refractivity contribution in [3.63, 3.8) is 0 Å². The smallest absolute Gasteiger partial charge is 0.123 e. The van der Waals surface area contributed by atoms with Gasteiger partial charge >= 0.3 is 0 Å². The maximum Gasteiger partial charge on any atom is 0.123 e. The van der Waals surface area contributed by atoms with Crippen LogP contribution in [-0.4, -0.2) is 0 Å². The summed E-state index contributed by atoms with van der Waals surface area (Å²) in [5.41, 5.74) is 5.89. The van der Waals surface area contributed by atoms with Crippen LogP contribution in [0, 0.1) is 5.82 Å². The Morgan fingerprint density at radius 3 is 2.50 bits per heavy atom. The minimum atomic E-state index is -0.561. The van der Waals surface area contributed by atoms with Crippen molar-refractivity contribution in [1.29, 1.82) is 0 Å². The normalized spacial score (nSPS) is 15.9. The van der Waals surface area contributed by atoms with E-state index in [0.717, 1.165) is 12.1 Å². The molecule has 1 aromatic carbocycles. The zero-order valence-corrected chi connectivity index (χ0v) is 5.69. The van der Waals surface area contributed by atoms with Crippen LogP contribution in [0.25, 0.3) is 0 Å². The van der Waals surface area contributed by atoms with Gasteiger partial charge in [-0.3, -0.25) is 0 Å². The lowest BCUT2D eigenvalue weighted by Gasteiger charge is -2.02. The van der Waals surface area contributed by atoms with Crippen LogP contribution in [0.5, 0.6) is 0 Å². The largest absolute Gasteiger partial charge is 0.324 e. The lowest BCUT2D eigenvalue weighted by Crippen LogP contribution is -2.04. The molecule has 2 heteroatoms. The predicted octanol–water partition coefficient (Wildman–Crippen LogP) is 1.85. The molecular formula is C8H10FN. The Morgan fingerprint density at radius 2 is 2.10 bits per heavy atom. The third-order valence-electron chi connectivity index (χ3n) is 1.19. The molecule has 1 unspecified atom stereocenters. The van der Waals surface area contributed by atoms with E-state index in [1.165, 1.54) is 0 Å². The van der Waals surface area contributed by atoms with Crippen molar-refractivity contribution < 1.29 is 7.13 Å². The molecule has 1 aromatic rings. The number of hydrogen-bond donors (Lipinski definition) is 1. The molecule has 0 aliphatic rings. The maximum absolute atomic E-state index is 12.6. The van der Waals surface area contributed by atoms with E-state index >= 15 is 0 Å². The molecule has 54 valence electrons. The Labute approximate surface area is 62.5 Å². The van der Waals surface area contributed by atoms with Gasteiger partial charge in [-0.1, -0.05) is 12.1 Å². The van der Waals surface area contributed by atoms with Gasteiger partial charge in [-0.25, -0.2) is 4.39 Å². The van der Waals surface area contributed by atoms with Crippen LogP contribution < -0.4 is 5.73 Å². The summed E-state index contributed by atoms with van der Waals surface area (Å²) in [7, 11) is 0. The molecule has 0 aliphatic heterocycles. The Hall–Kier alpha value is -0.890. The Kier molecular flexibility index (Phi) is 1.36. The summed E-state index contributed by atoms with van der Waals surface area (Å²) in [6.07, 6.45) is 0. The molecule has 10 heavy (non-hydrogen) atoms. The van der Waals surface area contributed by atoms with Gasteiger partial charge in [0, 0.05) is 6.04 Å². The first-order valence-electron chi connectivity index (χ1n) is 4.04. The lowest BCUT2D eigenvalue weighted by molar-refractivity contribution is 0.626. The van der Waals surface area contributed by atoms with E-state index in [9.17, 15) is 4.39 Å². The molecule has 0 aliphatic carbocycles. The van der Waals surface area contributed by atoms with E-state index in [2.05, 4.69) is 0 Å². The molecule has 0 radical (unpaired) electrons. The van der Waals surface area contributed by atoms with Crippen molar-refractivity contribution in [3.05, 3.63) is 35.6 Å². The van der Waals surface area contributed by atoms with Crippen molar-refractivity contribution in [2.24, 2.45) is 5.73 Å². The van der Waals surface area contributed by atoms with Crippen molar-refractivity contribution in [3.8, 4) is 0 Å². The van der Waals surface area contributed by atoms with E-state index in [1.807, 2.05) is 0 Å². The lowest BCUT2D eigenvalue weighted by atomic mass is 10.1. The number of halogens is 1. The molecule has 1 nitrogen and oxygen atoms in total. The maximum atomic E-state index is 12.6. The van der Waals surface area contributed by atoms with Crippen LogP contribution in [0.4, 0.5) is 4.39 Å². The number of hydrogen-bond acceptors (Lipinski definition) is 1. The third-order valence-corrected chi connectivity index (χ3v) is 1.19. The van der Waals surface area contributed by atoms with Crippen molar-refractivity contribution >= 4 is 0 Å². The minimum Gasteiger partial charge on any atom is -0.324 e. The Bertz CT molecular complexity index is 276. The first kappa shape index (κ1) is 4.85. The van der Waals surface area contributed by atoms with Crippen LogP contribution >= 0.6 is 0 Å². The number of rotatable bonds is 1. The number of nitrogens with two attached hydrogens (primary N) is 1. The van der Waals surface area contributed by atoms with E-state index in [-0.39, 0.29) is 12.1 Å². The van der Waals surface area contributed by atoms with Crippen LogP contribution in [0.15, 0.2) is 24.2 Å². The molecule has 0 fully saturated rings. The highest BCUT2D eigenvalue weighted by Gasteiger charge is 1.96. The first-order valence-corrected chi connectivity index (χ1v) is 3.04. The highest BCUT2D eigenvalue weighted by molar-refractivity contribution is 5.18. The van der Waals surface area contributed by atoms with E-state index < -0.39 is 11.9 Å². The fourth-order valence-corrected chi connectivity index (χ4v) is 0.640. The predicted molar refractivity (Wildman–Crippen MR) is 39.0 cm³/mol. The zero-order chi connectivity index (χ0) is 9.30. The summed E-state index contributed by atoms with van der Waals surface area (Å²) in [6, 6.07) is 1.73. The van der Waals surface area contributed by atoms with Gasteiger partial charge in [0.05, 0.1) is 2.74 Å². The second kappa shape index (κ2) is 2.80. The van der Waals surface area contributed by atoms with Crippen LogP contribution in [-0.2, 0) is 0 Å². The minimum absolute atomic E-state index is 0.00463. The zero-order valence-electron chi connectivity index (χ0n) is 7.69. The molecule has 0 saturated heterocycles. The topological polar surface area (TPSA) is 26.0 Å². The van der Waals surface area contributed by atoms with Crippen LogP contribution in [0.3, 0.4) is 0 Å². The Balaban J connectivity index is 3.28. The summed E-state index contributed by atoms with van der Waals surface area (Å²) in [6.45, 7) is 1.67. The van der Waals surface area contributed by atoms with E-state index in [1.54, 1.807) is 6.92 Å². The van der Waals surface area contributed by atoms with Gasteiger partial charge in [0.1, 0.15) is 5.82 Å². The standard InChI is InChI=1S/C8H10FN/c1-6(10)7-2-4-8(9)5-3-7/h2-6H,10H2,1H3/i2D,3D. The molecule has 2 N–H and O–H groups in total. The molecule has 0 amide bonds. The number of benzene rings is 1. The molecule has 1 rings (SSSR count). The highest BCUT2D eigenvalue weighted by Crippen LogP contribution is 2.09. The van der Waals surface area contributed by atoms with Gasteiger partial charge in [-0.05, 0) is 24.6 Å². The van der Waals surface area contributed by atoms with Gasteiger partial charge in [-0.15, -0.1) is 0 Å². The van der Waals surface area contributed by atoms with Gasteiger partial charge in [0.2, 0.25) is 0 Å². The van der Waals surface area contributed by atoms with Gasteiger partial charge in [0.15, 0.2) is 0 Å². The molecular weight excluding hydrogens is 129 g/mol. The van der Waals surface area contributed by atoms with Gasteiger partial charge in [-0.2, -0.15) is 0 Å². The molecule has 0 aromatic heterocycles. The quantitative estimate of drug-likeness (QED) is 0.634. The van der Waals surface area contributed by atoms with Crippen molar-refractivity contribution in [2.45, 2.75) is 13.0 Å². The second-order valence-electron chi connectivity index (χ2n) is 2.16. The monoisotopic (exact) mass is 141 g/mol. The SMILES string of the molecule is [2H]c1cc(F)cc([2H])c1C(C)N. The van der Waals surface area contributed by atoms with E-state index in [4.69, 9.17) is 8.48 Å². The molecule has 0 saturated carbocycles. The summed E-state index contributed by atoms with van der Waals surface area (Å²) < 4.78 is 27.3. The Morgan fingerprint density at radius 1 is 1.60 bits per heavy atom. The second-order valence-corrected chi connectivity index (χ2v) is 2.16. The first-order chi connectivity index (χ1) is 5.52. The van der Waals surface area contributed by atoms with Gasteiger partial charge in [0.25, 0.3) is 0 Å².